The van der Waals surface area contributed by atoms with Crippen molar-refractivity contribution in [2.75, 3.05) is 19.6 Å². The molecule has 1 amide bonds. The van der Waals surface area contributed by atoms with Gasteiger partial charge in [0.2, 0.25) is 5.91 Å². The van der Waals surface area contributed by atoms with Gasteiger partial charge in [0, 0.05) is 19.6 Å². The number of carbonyl (C=O) groups excluding carboxylic acids is 1. The third kappa shape index (κ3) is 2.94. The van der Waals surface area contributed by atoms with Crippen LogP contribution in [0.4, 0.5) is 0 Å². The minimum absolute atomic E-state index is 0.00969. The first kappa shape index (κ1) is 16.0. The quantitative estimate of drug-likeness (QED) is 0.846. The van der Waals surface area contributed by atoms with Gasteiger partial charge in [-0.05, 0) is 43.0 Å². The van der Waals surface area contributed by atoms with Gasteiger partial charge in [-0.3, -0.25) is 4.79 Å². The largest absolute Gasteiger partial charge is 0.341 e. The highest BCUT2D eigenvalue weighted by molar-refractivity contribution is 7.91. The summed E-state index contributed by atoms with van der Waals surface area (Å²) in [5.74, 6) is 0.642. The molecule has 2 aliphatic heterocycles. The molecule has 0 spiro atoms. The topological polar surface area (TPSA) is 57.7 Å². The lowest BCUT2D eigenvalue weighted by molar-refractivity contribution is -0.135. The molecular weight excluding hydrogens is 320 g/mol. The minimum Gasteiger partial charge on any atom is -0.341 e. The van der Waals surface area contributed by atoms with E-state index < -0.39 is 16.1 Å². The molecule has 0 bridgehead atoms. The molecule has 2 fully saturated rings. The molecular formula is C15H22N2O3S2. The van der Waals surface area contributed by atoms with Crippen LogP contribution in [0.15, 0.2) is 21.7 Å². The highest BCUT2D eigenvalue weighted by Crippen LogP contribution is 2.30. The molecule has 0 aliphatic carbocycles. The molecule has 1 atom stereocenters. The monoisotopic (exact) mass is 342 g/mol. The van der Waals surface area contributed by atoms with Crippen LogP contribution in [0.25, 0.3) is 0 Å². The molecule has 2 saturated heterocycles. The Morgan fingerprint density at radius 2 is 1.95 bits per heavy atom. The molecule has 3 heterocycles. The Labute approximate surface area is 136 Å². The Hall–Kier alpha value is -0.920. The zero-order valence-electron chi connectivity index (χ0n) is 12.8. The van der Waals surface area contributed by atoms with Crippen molar-refractivity contribution < 1.29 is 13.2 Å². The van der Waals surface area contributed by atoms with Crippen LogP contribution in [0, 0.1) is 5.92 Å². The van der Waals surface area contributed by atoms with Gasteiger partial charge >= 0.3 is 0 Å². The maximum atomic E-state index is 12.8. The lowest BCUT2D eigenvalue weighted by Gasteiger charge is -2.34. The number of carbonyl (C=O) groups is 1. The first-order valence-electron chi connectivity index (χ1n) is 7.84. The van der Waals surface area contributed by atoms with Crippen LogP contribution >= 0.6 is 11.3 Å². The summed E-state index contributed by atoms with van der Waals surface area (Å²) >= 11 is 1.21. The van der Waals surface area contributed by atoms with E-state index in [-0.39, 0.29) is 5.91 Å². The van der Waals surface area contributed by atoms with Gasteiger partial charge in [-0.25, -0.2) is 8.42 Å². The summed E-state index contributed by atoms with van der Waals surface area (Å²) in [6, 6.07) is 2.83. The van der Waals surface area contributed by atoms with Gasteiger partial charge < -0.3 is 4.90 Å². The number of hydrogen-bond acceptors (Lipinski definition) is 4. The Morgan fingerprint density at radius 3 is 2.59 bits per heavy atom. The third-order valence-corrected chi connectivity index (χ3v) is 7.92. The van der Waals surface area contributed by atoms with E-state index in [1.807, 2.05) is 4.90 Å². The lowest BCUT2D eigenvalue weighted by atomic mass is 9.98. The summed E-state index contributed by atoms with van der Waals surface area (Å²) in [4.78, 5) is 14.6. The zero-order chi connectivity index (χ0) is 15.7. The van der Waals surface area contributed by atoms with Gasteiger partial charge in [-0.2, -0.15) is 4.31 Å². The molecule has 22 heavy (non-hydrogen) atoms. The fourth-order valence-electron chi connectivity index (χ4n) is 3.24. The van der Waals surface area contributed by atoms with Gasteiger partial charge in [-0.1, -0.05) is 13.0 Å². The van der Waals surface area contributed by atoms with E-state index in [0.717, 1.165) is 32.4 Å². The molecule has 1 aromatic rings. The molecule has 2 aliphatic rings. The molecule has 0 radical (unpaired) electrons. The first-order chi connectivity index (χ1) is 10.5. The number of thiophene rings is 1. The van der Waals surface area contributed by atoms with Crippen LogP contribution in [0.3, 0.4) is 0 Å². The third-order valence-electron chi connectivity index (χ3n) is 4.64. The fourth-order valence-corrected chi connectivity index (χ4v) is 6.01. The van der Waals surface area contributed by atoms with Crippen molar-refractivity contribution in [1.29, 1.82) is 0 Å². The SMILES string of the molecule is CC1CCN(C(=O)[C@H]2CCCN2S(=O)(=O)c2cccs2)CC1. The summed E-state index contributed by atoms with van der Waals surface area (Å²) in [7, 11) is -3.53. The van der Waals surface area contributed by atoms with Crippen molar-refractivity contribution >= 4 is 27.3 Å². The minimum atomic E-state index is -3.53. The van der Waals surface area contributed by atoms with Gasteiger partial charge in [0.1, 0.15) is 10.3 Å². The van der Waals surface area contributed by atoms with Crippen LogP contribution in [0.1, 0.15) is 32.6 Å². The summed E-state index contributed by atoms with van der Waals surface area (Å²) in [6.07, 6.45) is 3.41. The molecule has 7 heteroatoms. The number of likely N-dealkylation sites (tertiary alicyclic amines) is 1. The molecule has 122 valence electrons. The first-order valence-corrected chi connectivity index (χ1v) is 10.2. The van der Waals surface area contributed by atoms with E-state index in [1.165, 1.54) is 15.6 Å². The van der Waals surface area contributed by atoms with E-state index >= 15 is 0 Å². The molecule has 0 N–H and O–H groups in total. The summed E-state index contributed by atoms with van der Waals surface area (Å²) in [5, 5.41) is 1.76. The van der Waals surface area contributed by atoms with Gasteiger partial charge in [0.25, 0.3) is 10.0 Å². The second-order valence-electron chi connectivity index (χ2n) is 6.21. The van der Waals surface area contributed by atoms with E-state index in [9.17, 15) is 13.2 Å². The van der Waals surface area contributed by atoms with Crippen molar-refractivity contribution in [1.82, 2.24) is 9.21 Å². The predicted molar refractivity (Wildman–Crippen MR) is 86.2 cm³/mol. The number of piperidine rings is 1. The second kappa shape index (κ2) is 6.29. The predicted octanol–water partition coefficient (Wildman–Crippen LogP) is 2.16. The number of amides is 1. The average Bonchev–Trinajstić information content (AvgIpc) is 3.19. The van der Waals surface area contributed by atoms with Crippen molar-refractivity contribution in [3.8, 4) is 0 Å². The smallest absolute Gasteiger partial charge is 0.253 e. The highest BCUT2D eigenvalue weighted by atomic mass is 32.2. The summed E-state index contributed by atoms with van der Waals surface area (Å²) in [6.45, 7) is 4.15. The fraction of sp³-hybridized carbons (Fsp3) is 0.667. The van der Waals surface area contributed by atoms with Crippen molar-refractivity contribution in [2.24, 2.45) is 5.92 Å². The van der Waals surface area contributed by atoms with Crippen LogP contribution in [0.5, 0.6) is 0 Å². The number of hydrogen-bond donors (Lipinski definition) is 0. The van der Waals surface area contributed by atoms with E-state index in [4.69, 9.17) is 0 Å². The summed E-state index contributed by atoms with van der Waals surface area (Å²) in [5.41, 5.74) is 0. The normalized spacial score (nSPS) is 24.8. The van der Waals surface area contributed by atoms with E-state index in [1.54, 1.807) is 17.5 Å². The molecule has 3 rings (SSSR count). The van der Waals surface area contributed by atoms with Crippen molar-refractivity contribution in [3.63, 3.8) is 0 Å². The highest BCUT2D eigenvalue weighted by Gasteiger charge is 2.41. The lowest BCUT2D eigenvalue weighted by Crippen LogP contribution is -2.49. The van der Waals surface area contributed by atoms with Crippen LogP contribution in [-0.4, -0.2) is 49.2 Å². The Kier molecular flexibility index (Phi) is 4.56. The van der Waals surface area contributed by atoms with Gasteiger partial charge in [0.05, 0.1) is 0 Å². The van der Waals surface area contributed by atoms with Crippen molar-refractivity contribution in [3.05, 3.63) is 17.5 Å². The van der Waals surface area contributed by atoms with E-state index in [2.05, 4.69) is 6.92 Å². The number of rotatable bonds is 3. The maximum absolute atomic E-state index is 12.8. The Morgan fingerprint density at radius 1 is 1.23 bits per heavy atom. The molecule has 5 nitrogen and oxygen atoms in total. The van der Waals surface area contributed by atoms with E-state index in [0.29, 0.717) is 23.1 Å². The Balaban J connectivity index is 1.77. The maximum Gasteiger partial charge on any atom is 0.253 e. The van der Waals surface area contributed by atoms with Gasteiger partial charge in [-0.15, -0.1) is 11.3 Å². The Bertz CT molecular complexity index is 619. The standard InChI is InChI=1S/C15H22N2O3S2/c1-12-6-9-16(10-7-12)15(18)13-4-2-8-17(13)22(19,20)14-5-3-11-21-14/h3,5,11-13H,2,4,6-10H2,1H3/t13-/m1/s1. The summed E-state index contributed by atoms with van der Waals surface area (Å²) < 4.78 is 27.2. The molecule has 0 saturated carbocycles. The van der Waals surface area contributed by atoms with Crippen LogP contribution in [-0.2, 0) is 14.8 Å². The second-order valence-corrected chi connectivity index (χ2v) is 9.28. The molecule has 1 aromatic heterocycles. The average molecular weight is 342 g/mol. The van der Waals surface area contributed by atoms with Crippen molar-refractivity contribution in [2.45, 2.75) is 42.9 Å². The molecule has 0 unspecified atom stereocenters. The van der Waals surface area contributed by atoms with Crippen LogP contribution in [0.2, 0.25) is 0 Å². The number of nitrogens with zero attached hydrogens (tertiary/aromatic N) is 2. The zero-order valence-corrected chi connectivity index (χ0v) is 14.4. The number of sulfonamides is 1. The molecule has 0 aromatic carbocycles. The van der Waals surface area contributed by atoms with Gasteiger partial charge in [0.15, 0.2) is 0 Å². The van der Waals surface area contributed by atoms with Crippen LogP contribution < -0.4 is 0 Å².